The van der Waals surface area contributed by atoms with Crippen LogP contribution in [0.15, 0.2) is 18.3 Å². The Hall–Kier alpha value is -0.890. The van der Waals surface area contributed by atoms with Crippen LogP contribution in [0, 0.1) is 12.8 Å². The third-order valence-electron chi connectivity index (χ3n) is 3.35. The molecule has 0 amide bonds. The maximum Gasteiger partial charge on any atom is 0.0372 e. The van der Waals surface area contributed by atoms with Crippen molar-refractivity contribution < 1.29 is 0 Å². The first-order chi connectivity index (χ1) is 7.25. The molecule has 15 heavy (non-hydrogen) atoms. The molecule has 0 aliphatic carbocycles. The zero-order valence-electron chi connectivity index (χ0n) is 9.66. The van der Waals surface area contributed by atoms with E-state index in [1.807, 2.05) is 13.1 Å². The summed E-state index contributed by atoms with van der Waals surface area (Å²) in [7, 11) is 0. The van der Waals surface area contributed by atoms with E-state index >= 15 is 0 Å². The Morgan fingerprint density at radius 3 is 3.00 bits per heavy atom. The molecule has 1 aromatic rings. The van der Waals surface area contributed by atoms with Crippen LogP contribution in [0.3, 0.4) is 0 Å². The maximum atomic E-state index is 4.36. The van der Waals surface area contributed by atoms with E-state index < -0.39 is 0 Å². The molecule has 1 aliphatic rings. The van der Waals surface area contributed by atoms with E-state index in [1.165, 1.54) is 31.5 Å². The van der Waals surface area contributed by atoms with Crippen molar-refractivity contribution in [2.75, 3.05) is 13.1 Å². The highest BCUT2D eigenvalue weighted by atomic mass is 14.9. The van der Waals surface area contributed by atoms with Gasteiger partial charge in [-0.3, -0.25) is 4.98 Å². The highest BCUT2D eigenvalue weighted by Gasteiger charge is 2.18. The van der Waals surface area contributed by atoms with Gasteiger partial charge in [0.2, 0.25) is 0 Å². The van der Waals surface area contributed by atoms with Crippen LogP contribution in [0.2, 0.25) is 0 Å². The van der Waals surface area contributed by atoms with Gasteiger partial charge in [-0.05, 0) is 56.3 Å². The Labute approximate surface area is 92.1 Å². The van der Waals surface area contributed by atoms with Crippen molar-refractivity contribution in [3.63, 3.8) is 0 Å². The fraction of sp³-hybridized carbons (Fsp3) is 0.615. The lowest BCUT2D eigenvalue weighted by Crippen LogP contribution is -2.11. The Morgan fingerprint density at radius 2 is 2.40 bits per heavy atom. The minimum Gasteiger partial charge on any atom is -0.316 e. The smallest absolute Gasteiger partial charge is 0.0372 e. The van der Waals surface area contributed by atoms with Crippen molar-refractivity contribution in [3.8, 4) is 0 Å². The molecule has 2 nitrogen and oxygen atoms in total. The first kappa shape index (κ1) is 10.6. The van der Waals surface area contributed by atoms with Gasteiger partial charge in [0.1, 0.15) is 0 Å². The second-order valence-electron chi connectivity index (χ2n) is 4.73. The molecule has 1 N–H and O–H groups in total. The van der Waals surface area contributed by atoms with Crippen molar-refractivity contribution in [2.24, 2.45) is 5.92 Å². The van der Waals surface area contributed by atoms with Gasteiger partial charge in [-0.25, -0.2) is 0 Å². The van der Waals surface area contributed by atoms with Crippen molar-refractivity contribution in [3.05, 3.63) is 29.6 Å². The van der Waals surface area contributed by atoms with Crippen LogP contribution in [0.5, 0.6) is 0 Å². The van der Waals surface area contributed by atoms with Gasteiger partial charge < -0.3 is 5.32 Å². The molecule has 0 aromatic carbocycles. The number of hydrogen-bond donors (Lipinski definition) is 1. The van der Waals surface area contributed by atoms with Crippen LogP contribution in [-0.2, 0) is 0 Å². The normalized spacial score (nSPS) is 22.9. The minimum atomic E-state index is 0.642. The minimum absolute atomic E-state index is 0.642. The second kappa shape index (κ2) is 4.75. The number of hydrogen-bond acceptors (Lipinski definition) is 2. The lowest BCUT2D eigenvalue weighted by atomic mass is 9.90. The van der Waals surface area contributed by atoms with E-state index in [0.29, 0.717) is 5.92 Å². The van der Waals surface area contributed by atoms with Crippen molar-refractivity contribution in [2.45, 2.75) is 32.6 Å². The lowest BCUT2D eigenvalue weighted by molar-refractivity contribution is 0.483. The third-order valence-corrected chi connectivity index (χ3v) is 3.35. The molecular weight excluding hydrogens is 184 g/mol. The quantitative estimate of drug-likeness (QED) is 0.818. The third kappa shape index (κ3) is 2.78. The van der Waals surface area contributed by atoms with Crippen LogP contribution < -0.4 is 5.32 Å². The molecule has 2 unspecified atom stereocenters. The number of aromatic nitrogens is 1. The summed E-state index contributed by atoms with van der Waals surface area (Å²) < 4.78 is 0. The highest BCUT2D eigenvalue weighted by Crippen LogP contribution is 2.25. The molecule has 2 rings (SSSR count). The zero-order chi connectivity index (χ0) is 10.7. The fourth-order valence-electron chi connectivity index (χ4n) is 2.32. The summed E-state index contributed by atoms with van der Waals surface area (Å²) in [4.78, 5) is 4.36. The summed E-state index contributed by atoms with van der Waals surface area (Å²) in [5.74, 6) is 1.50. The number of aryl methyl sites for hydroxylation is 1. The first-order valence-electron chi connectivity index (χ1n) is 5.89. The average Bonchev–Trinajstić information content (AvgIpc) is 2.71. The first-order valence-corrected chi connectivity index (χ1v) is 5.89. The van der Waals surface area contributed by atoms with Gasteiger partial charge in [-0.1, -0.05) is 13.0 Å². The van der Waals surface area contributed by atoms with Gasteiger partial charge in [-0.15, -0.1) is 0 Å². The lowest BCUT2D eigenvalue weighted by Gasteiger charge is -2.15. The number of rotatable bonds is 3. The molecular formula is C13H20N2. The molecule has 0 radical (unpaired) electrons. The molecule has 2 heterocycles. The predicted octanol–water partition coefficient (Wildman–Crippen LogP) is 2.49. The van der Waals surface area contributed by atoms with Gasteiger partial charge >= 0.3 is 0 Å². The van der Waals surface area contributed by atoms with Gasteiger partial charge in [0, 0.05) is 11.9 Å². The fourth-order valence-corrected chi connectivity index (χ4v) is 2.32. The predicted molar refractivity (Wildman–Crippen MR) is 63.0 cm³/mol. The molecule has 1 aromatic heterocycles. The summed E-state index contributed by atoms with van der Waals surface area (Å²) in [5.41, 5.74) is 2.49. The van der Waals surface area contributed by atoms with Crippen molar-refractivity contribution in [1.82, 2.24) is 10.3 Å². The van der Waals surface area contributed by atoms with Crippen LogP contribution in [-0.4, -0.2) is 18.1 Å². The van der Waals surface area contributed by atoms with Crippen LogP contribution in [0.25, 0.3) is 0 Å². The Morgan fingerprint density at radius 1 is 1.53 bits per heavy atom. The monoisotopic (exact) mass is 204 g/mol. The Balaban J connectivity index is 1.94. The summed E-state index contributed by atoms with van der Waals surface area (Å²) >= 11 is 0. The molecule has 2 atom stereocenters. The van der Waals surface area contributed by atoms with E-state index in [2.05, 4.69) is 29.4 Å². The van der Waals surface area contributed by atoms with E-state index in [9.17, 15) is 0 Å². The second-order valence-corrected chi connectivity index (χ2v) is 4.73. The highest BCUT2D eigenvalue weighted by molar-refractivity contribution is 5.17. The van der Waals surface area contributed by atoms with Gasteiger partial charge in [-0.2, -0.15) is 0 Å². The van der Waals surface area contributed by atoms with Crippen molar-refractivity contribution >= 4 is 0 Å². The molecule has 82 valence electrons. The SMILES string of the molecule is Cc1ccc(C(C)CC2CCNC2)cn1. The summed E-state index contributed by atoms with van der Waals surface area (Å²) in [6, 6.07) is 4.33. The number of nitrogens with one attached hydrogen (secondary N) is 1. The van der Waals surface area contributed by atoms with Gasteiger partial charge in [0.05, 0.1) is 0 Å². The van der Waals surface area contributed by atoms with E-state index in [1.54, 1.807) is 0 Å². The standard InChI is InChI=1S/C13H20N2/c1-10(7-12-5-6-14-8-12)13-4-3-11(2)15-9-13/h3-4,9-10,12,14H,5-8H2,1-2H3. The van der Waals surface area contributed by atoms with E-state index in [-0.39, 0.29) is 0 Å². The van der Waals surface area contributed by atoms with Crippen LogP contribution >= 0.6 is 0 Å². The zero-order valence-corrected chi connectivity index (χ0v) is 9.66. The average molecular weight is 204 g/mol. The van der Waals surface area contributed by atoms with Crippen molar-refractivity contribution in [1.29, 1.82) is 0 Å². The number of pyridine rings is 1. The maximum absolute atomic E-state index is 4.36. The molecule has 1 saturated heterocycles. The summed E-state index contributed by atoms with van der Waals surface area (Å²) in [6.07, 6.45) is 4.66. The Kier molecular flexibility index (Phi) is 3.37. The van der Waals surface area contributed by atoms with Gasteiger partial charge in [0.15, 0.2) is 0 Å². The van der Waals surface area contributed by atoms with Crippen LogP contribution in [0.1, 0.15) is 36.9 Å². The molecule has 2 heteroatoms. The van der Waals surface area contributed by atoms with Crippen LogP contribution in [0.4, 0.5) is 0 Å². The van der Waals surface area contributed by atoms with E-state index in [4.69, 9.17) is 0 Å². The molecule has 0 bridgehead atoms. The summed E-state index contributed by atoms with van der Waals surface area (Å²) in [6.45, 7) is 6.74. The van der Waals surface area contributed by atoms with E-state index in [0.717, 1.165) is 11.6 Å². The van der Waals surface area contributed by atoms with Gasteiger partial charge in [0.25, 0.3) is 0 Å². The molecule has 1 aliphatic heterocycles. The molecule has 0 saturated carbocycles. The number of nitrogens with zero attached hydrogens (tertiary/aromatic N) is 1. The molecule has 0 spiro atoms. The summed E-state index contributed by atoms with van der Waals surface area (Å²) in [5, 5.41) is 3.42. The molecule has 1 fully saturated rings. The largest absolute Gasteiger partial charge is 0.316 e. The Bertz CT molecular complexity index is 299. The topological polar surface area (TPSA) is 24.9 Å².